The molecule has 0 saturated carbocycles. The van der Waals surface area contributed by atoms with Crippen molar-refractivity contribution < 1.29 is 10.2 Å². The first kappa shape index (κ1) is 16.0. The number of H-pyrrole nitrogens is 2. The summed E-state index contributed by atoms with van der Waals surface area (Å²) in [5, 5.41) is 22.0. The van der Waals surface area contributed by atoms with Gasteiger partial charge in [-0.2, -0.15) is 11.8 Å². The Labute approximate surface area is 126 Å². The molecule has 0 fully saturated rings. The minimum Gasteiger partial charge on any atom is -0.394 e. The molecule has 2 aromatic rings. The molecule has 116 valence electrons. The predicted octanol–water partition coefficient (Wildman–Crippen LogP) is -0.327. The van der Waals surface area contributed by atoms with Crippen LogP contribution in [0.3, 0.4) is 0 Å². The van der Waals surface area contributed by atoms with Gasteiger partial charge in [0, 0.05) is 30.8 Å². The van der Waals surface area contributed by atoms with Gasteiger partial charge >= 0.3 is 0 Å². The van der Waals surface area contributed by atoms with Gasteiger partial charge in [0.05, 0.1) is 24.6 Å². The maximum Gasteiger partial charge on any atom is 0.275 e. The molecule has 0 radical (unpaired) electrons. The summed E-state index contributed by atoms with van der Waals surface area (Å²) in [6.07, 6.45) is 4.38. The zero-order valence-corrected chi connectivity index (χ0v) is 12.6. The first-order valence-electron chi connectivity index (χ1n) is 6.69. The molecule has 2 aromatic heterocycles. The van der Waals surface area contributed by atoms with Crippen LogP contribution in [0.4, 0.5) is 0 Å². The van der Waals surface area contributed by atoms with Crippen molar-refractivity contribution in [3.63, 3.8) is 0 Å². The predicted molar refractivity (Wildman–Crippen MR) is 83.4 cm³/mol. The molecular weight excluding hydrogens is 292 g/mol. The normalized spacial score (nSPS) is 14.4. The largest absolute Gasteiger partial charge is 0.394 e. The minimum atomic E-state index is -0.728. The number of fused-ring (bicyclic) bond motifs is 1. The van der Waals surface area contributed by atoms with Gasteiger partial charge in [-0.25, -0.2) is 4.98 Å². The van der Waals surface area contributed by atoms with Crippen LogP contribution in [0.1, 0.15) is 5.56 Å². The number of hydrogen-bond donors (Lipinski definition) is 5. The molecule has 0 saturated heterocycles. The van der Waals surface area contributed by atoms with Crippen molar-refractivity contribution in [2.45, 2.75) is 12.6 Å². The Morgan fingerprint density at radius 1 is 1.48 bits per heavy atom. The maximum atomic E-state index is 11.6. The van der Waals surface area contributed by atoms with Crippen LogP contribution in [-0.2, 0) is 6.54 Å². The Morgan fingerprint density at radius 3 is 3.00 bits per heavy atom. The van der Waals surface area contributed by atoms with Gasteiger partial charge in [-0.05, 0) is 12.0 Å². The standard InChI is InChI=1S/C13H20N4O3S/c1-21-6-9(10(19)5-18)3-14-2-8-4-15-12-11(8)16-7-17-13(12)20/h4,7,9-10,14-15,18-19H,2-3,5-6H2,1H3,(H,16,17,20)/t9-,10-/m1/s1. The van der Waals surface area contributed by atoms with E-state index >= 15 is 0 Å². The number of aliphatic hydroxyl groups excluding tert-OH is 2. The van der Waals surface area contributed by atoms with Crippen LogP contribution in [0.5, 0.6) is 0 Å². The highest BCUT2D eigenvalue weighted by molar-refractivity contribution is 7.98. The number of aromatic nitrogens is 3. The summed E-state index contributed by atoms with van der Waals surface area (Å²) in [6.45, 7) is 0.884. The second-order valence-corrected chi connectivity index (χ2v) is 5.78. The average molecular weight is 312 g/mol. The van der Waals surface area contributed by atoms with Crippen molar-refractivity contribution in [1.82, 2.24) is 20.3 Å². The van der Waals surface area contributed by atoms with E-state index in [1.54, 1.807) is 18.0 Å². The highest BCUT2D eigenvalue weighted by atomic mass is 32.2. The smallest absolute Gasteiger partial charge is 0.275 e. The molecule has 0 aliphatic rings. The van der Waals surface area contributed by atoms with E-state index in [2.05, 4.69) is 20.3 Å². The second kappa shape index (κ2) is 7.60. The van der Waals surface area contributed by atoms with Crippen LogP contribution in [0.25, 0.3) is 11.0 Å². The molecule has 0 bridgehead atoms. The second-order valence-electron chi connectivity index (χ2n) is 4.87. The van der Waals surface area contributed by atoms with Crippen LogP contribution in [-0.4, -0.2) is 56.4 Å². The van der Waals surface area contributed by atoms with Crippen molar-refractivity contribution in [3.8, 4) is 0 Å². The molecule has 2 atom stereocenters. The maximum absolute atomic E-state index is 11.6. The molecular formula is C13H20N4O3S. The van der Waals surface area contributed by atoms with Crippen molar-refractivity contribution in [2.75, 3.05) is 25.2 Å². The lowest BCUT2D eigenvalue weighted by molar-refractivity contribution is 0.0549. The lowest BCUT2D eigenvalue weighted by atomic mass is 10.1. The number of rotatable bonds is 8. The Balaban J connectivity index is 1.98. The molecule has 2 heterocycles. The zero-order chi connectivity index (χ0) is 15.2. The molecule has 8 heteroatoms. The van der Waals surface area contributed by atoms with E-state index in [0.29, 0.717) is 24.1 Å². The number of aromatic amines is 2. The number of hydrogen-bond acceptors (Lipinski definition) is 6. The summed E-state index contributed by atoms with van der Waals surface area (Å²) >= 11 is 1.63. The third-order valence-electron chi connectivity index (χ3n) is 3.38. The Bertz CT molecular complexity index is 627. The van der Waals surface area contributed by atoms with Crippen molar-refractivity contribution in [1.29, 1.82) is 0 Å². The fraction of sp³-hybridized carbons (Fsp3) is 0.538. The topological polar surface area (TPSA) is 114 Å². The van der Waals surface area contributed by atoms with E-state index in [-0.39, 0.29) is 18.1 Å². The molecule has 0 amide bonds. The highest BCUT2D eigenvalue weighted by Crippen LogP contribution is 2.13. The molecule has 5 N–H and O–H groups in total. The molecule has 0 aromatic carbocycles. The Kier molecular flexibility index (Phi) is 5.80. The highest BCUT2D eigenvalue weighted by Gasteiger charge is 2.17. The minimum absolute atomic E-state index is 0.0217. The quantitative estimate of drug-likeness (QED) is 0.456. The van der Waals surface area contributed by atoms with Crippen LogP contribution in [0, 0.1) is 5.92 Å². The van der Waals surface area contributed by atoms with Crippen molar-refractivity contribution in [2.24, 2.45) is 5.92 Å². The third-order valence-corrected chi connectivity index (χ3v) is 4.14. The van der Waals surface area contributed by atoms with Gasteiger partial charge in [-0.3, -0.25) is 4.79 Å². The fourth-order valence-corrected chi connectivity index (χ4v) is 2.97. The van der Waals surface area contributed by atoms with Gasteiger partial charge in [0.2, 0.25) is 0 Å². The van der Waals surface area contributed by atoms with E-state index in [9.17, 15) is 9.90 Å². The van der Waals surface area contributed by atoms with E-state index in [1.165, 1.54) is 6.33 Å². The lowest BCUT2D eigenvalue weighted by Gasteiger charge is -2.20. The fourth-order valence-electron chi connectivity index (χ4n) is 2.20. The number of thioether (sulfide) groups is 1. The Morgan fingerprint density at radius 2 is 2.29 bits per heavy atom. The summed E-state index contributed by atoms with van der Waals surface area (Å²) in [7, 11) is 0. The summed E-state index contributed by atoms with van der Waals surface area (Å²) < 4.78 is 0. The number of nitrogens with zero attached hydrogens (tertiary/aromatic N) is 1. The van der Waals surface area contributed by atoms with Gasteiger partial charge < -0.3 is 25.5 Å². The summed E-state index contributed by atoms with van der Waals surface area (Å²) in [5.74, 6) is 0.743. The molecule has 0 aliphatic carbocycles. The summed E-state index contributed by atoms with van der Waals surface area (Å²) in [5.41, 5.74) is 1.82. The van der Waals surface area contributed by atoms with Crippen LogP contribution in [0.2, 0.25) is 0 Å². The average Bonchev–Trinajstić information content (AvgIpc) is 2.90. The molecule has 0 spiro atoms. The first-order valence-corrected chi connectivity index (χ1v) is 8.09. The lowest BCUT2D eigenvalue weighted by Crippen LogP contribution is -2.35. The first-order chi connectivity index (χ1) is 10.2. The van der Waals surface area contributed by atoms with Gasteiger partial charge in [-0.1, -0.05) is 0 Å². The SMILES string of the molecule is CSC[C@@H](CNCc1c[nH]c2c(=O)[nH]cnc12)[C@H](O)CO. The van der Waals surface area contributed by atoms with Crippen LogP contribution >= 0.6 is 11.8 Å². The summed E-state index contributed by atoms with van der Waals surface area (Å²) in [6, 6.07) is 0. The van der Waals surface area contributed by atoms with Crippen molar-refractivity contribution in [3.05, 3.63) is 28.4 Å². The molecule has 0 unspecified atom stereocenters. The van der Waals surface area contributed by atoms with Crippen LogP contribution in [0.15, 0.2) is 17.3 Å². The van der Waals surface area contributed by atoms with E-state index in [4.69, 9.17) is 5.11 Å². The third kappa shape index (κ3) is 3.85. The van der Waals surface area contributed by atoms with Gasteiger partial charge in [-0.15, -0.1) is 0 Å². The van der Waals surface area contributed by atoms with E-state index in [0.717, 1.165) is 11.3 Å². The molecule has 2 rings (SSSR count). The van der Waals surface area contributed by atoms with E-state index in [1.807, 2.05) is 6.26 Å². The monoisotopic (exact) mass is 312 g/mol. The van der Waals surface area contributed by atoms with Gasteiger partial charge in [0.15, 0.2) is 0 Å². The van der Waals surface area contributed by atoms with E-state index < -0.39 is 6.10 Å². The number of nitrogens with one attached hydrogen (secondary N) is 3. The van der Waals surface area contributed by atoms with Gasteiger partial charge in [0.25, 0.3) is 5.56 Å². The Hall–Kier alpha value is -1.35. The van der Waals surface area contributed by atoms with Gasteiger partial charge in [0.1, 0.15) is 5.52 Å². The van der Waals surface area contributed by atoms with Crippen LogP contribution < -0.4 is 10.9 Å². The zero-order valence-electron chi connectivity index (χ0n) is 11.8. The molecule has 7 nitrogen and oxygen atoms in total. The summed E-state index contributed by atoms with van der Waals surface area (Å²) in [4.78, 5) is 21.2. The molecule has 0 aliphatic heterocycles. The molecule has 21 heavy (non-hydrogen) atoms. The number of aliphatic hydroxyl groups is 2. The van der Waals surface area contributed by atoms with Crippen molar-refractivity contribution >= 4 is 22.8 Å².